The number of imidazole rings is 1. The van der Waals surface area contributed by atoms with Gasteiger partial charge in [0.15, 0.2) is 0 Å². The summed E-state index contributed by atoms with van der Waals surface area (Å²) in [6.07, 6.45) is 2.87. The summed E-state index contributed by atoms with van der Waals surface area (Å²) in [5, 5.41) is 26.3. The number of carboxylic acid groups (broad SMARTS) is 2. The lowest BCUT2D eigenvalue weighted by Crippen LogP contribution is -2.58. The molecule has 0 aliphatic carbocycles. The van der Waals surface area contributed by atoms with Crippen molar-refractivity contribution in [2.45, 2.75) is 70.1 Å². The van der Waals surface area contributed by atoms with E-state index in [0.29, 0.717) is 17.7 Å². The molecule has 0 saturated heterocycles. The number of hydrogen-bond donors (Lipinski definition) is 7. The number of nitrogens with zero attached hydrogens (tertiary/aromatic N) is 1. The lowest BCUT2D eigenvalue weighted by molar-refractivity contribution is -0.143. The number of H-pyrrole nitrogens is 1. The summed E-state index contributed by atoms with van der Waals surface area (Å²) in [6.45, 7) is 3.48. The van der Waals surface area contributed by atoms with Crippen molar-refractivity contribution in [3.8, 4) is 0 Å². The zero-order valence-corrected chi connectivity index (χ0v) is 21.9. The zero-order chi connectivity index (χ0) is 28.9. The number of aromatic amines is 1. The Labute approximate surface area is 226 Å². The third-order valence-electron chi connectivity index (χ3n) is 6.30. The first kappa shape index (κ1) is 31.0. The van der Waals surface area contributed by atoms with Gasteiger partial charge in [0.2, 0.25) is 17.7 Å². The van der Waals surface area contributed by atoms with Crippen molar-refractivity contribution in [2.24, 2.45) is 11.7 Å². The van der Waals surface area contributed by atoms with Crippen molar-refractivity contribution in [1.29, 1.82) is 0 Å². The second kappa shape index (κ2) is 15.2. The summed E-state index contributed by atoms with van der Waals surface area (Å²) in [5.41, 5.74) is 7.25. The number of carbonyl (C=O) groups excluding carboxylic acids is 3. The Morgan fingerprint density at radius 1 is 0.949 bits per heavy atom. The highest BCUT2D eigenvalue weighted by Gasteiger charge is 2.32. The monoisotopic (exact) mass is 544 g/mol. The van der Waals surface area contributed by atoms with E-state index in [2.05, 4.69) is 25.9 Å². The number of aliphatic carboxylic acids is 2. The van der Waals surface area contributed by atoms with Gasteiger partial charge in [-0.25, -0.2) is 9.78 Å². The third-order valence-corrected chi connectivity index (χ3v) is 6.30. The quantitative estimate of drug-likeness (QED) is 0.151. The van der Waals surface area contributed by atoms with Gasteiger partial charge in [-0.2, -0.15) is 0 Å². The van der Waals surface area contributed by atoms with Gasteiger partial charge in [0.25, 0.3) is 0 Å². The first-order valence-electron chi connectivity index (χ1n) is 12.6. The van der Waals surface area contributed by atoms with E-state index in [0.717, 1.165) is 0 Å². The SMILES string of the molecule is CCC(C)C(NC(=O)C(Cc1ccccc1)NC(=O)C(CCC(=O)O)NC(=O)C(N)Cc1cnc[nH]1)C(=O)O. The van der Waals surface area contributed by atoms with Gasteiger partial charge in [-0.3, -0.25) is 19.2 Å². The van der Waals surface area contributed by atoms with E-state index < -0.39 is 60.2 Å². The van der Waals surface area contributed by atoms with Crippen LogP contribution in [0, 0.1) is 5.92 Å². The average molecular weight is 545 g/mol. The highest BCUT2D eigenvalue weighted by molar-refractivity contribution is 5.94. The summed E-state index contributed by atoms with van der Waals surface area (Å²) in [6, 6.07) is 4.03. The van der Waals surface area contributed by atoms with Crippen molar-refractivity contribution in [2.75, 3.05) is 0 Å². The molecule has 5 atom stereocenters. The summed E-state index contributed by atoms with van der Waals surface area (Å²) in [7, 11) is 0. The number of nitrogens with one attached hydrogen (secondary N) is 4. The van der Waals surface area contributed by atoms with Crippen LogP contribution in [-0.4, -0.2) is 74.0 Å². The molecule has 13 heteroatoms. The fraction of sp³-hybridized carbons (Fsp3) is 0.462. The predicted molar refractivity (Wildman–Crippen MR) is 140 cm³/mol. The number of rotatable bonds is 16. The highest BCUT2D eigenvalue weighted by Crippen LogP contribution is 2.11. The van der Waals surface area contributed by atoms with Gasteiger partial charge in [-0.1, -0.05) is 50.6 Å². The van der Waals surface area contributed by atoms with Gasteiger partial charge in [0.05, 0.1) is 12.4 Å². The first-order chi connectivity index (χ1) is 18.5. The topological polar surface area (TPSA) is 217 Å². The van der Waals surface area contributed by atoms with E-state index in [4.69, 9.17) is 10.8 Å². The van der Waals surface area contributed by atoms with Crippen LogP contribution in [0.2, 0.25) is 0 Å². The van der Waals surface area contributed by atoms with Crippen molar-refractivity contribution >= 4 is 29.7 Å². The van der Waals surface area contributed by atoms with E-state index in [-0.39, 0.29) is 25.2 Å². The Balaban J connectivity index is 2.23. The molecule has 0 radical (unpaired) electrons. The second-order valence-electron chi connectivity index (χ2n) is 9.34. The Morgan fingerprint density at radius 2 is 1.59 bits per heavy atom. The van der Waals surface area contributed by atoms with Crippen LogP contribution in [-0.2, 0) is 36.8 Å². The predicted octanol–water partition coefficient (Wildman–Crippen LogP) is -0.0279. The molecule has 1 aromatic carbocycles. The lowest BCUT2D eigenvalue weighted by Gasteiger charge is -2.26. The zero-order valence-electron chi connectivity index (χ0n) is 21.9. The van der Waals surface area contributed by atoms with Gasteiger partial charge in [0.1, 0.15) is 18.1 Å². The smallest absolute Gasteiger partial charge is 0.326 e. The van der Waals surface area contributed by atoms with Crippen molar-refractivity contribution in [3.63, 3.8) is 0 Å². The summed E-state index contributed by atoms with van der Waals surface area (Å²) in [5.74, 6) is -4.98. The largest absolute Gasteiger partial charge is 0.481 e. The highest BCUT2D eigenvalue weighted by atomic mass is 16.4. The number of aromatic nitrogens is 2. The van der Waals surface area contributed by atoms with Crippen LogP contribution in [0.4, 0.5) is 0 Å². The van der Waals surface area contributed by atoms with Crippen LogP contribution in [0.15, 0.2) is 42.9 Å². The van der Waals surface area contributed by atoms with Crippen LogP contribution in [0.1, 0.15) is 44.4 Å². The van der Waals surface area contributed by atoms with E-state index in [9.17, 15) is 29.1 Å². The molecule has 212 valence electrons. The van der Waals surface area contributed by atoms with Crippen LogP contribution in [0.5, 0.6) is 0 Å². The van der Waals surface area contributed by atoms with Crippen molar-refractivity contribution in [1.82, 2.24) is 25.9 Å². The molecular formula is C26H36N6O7. The van der Waals surface area contributed by atoms with Gasteiger partial charge in [-0.15, -0.1) is 0 Å². The van der Waals surface area contributed by atoms with Crippen molar-refractivity contribution in [3.05, 3.63) is 54.1 Å². The van der Waals surface area contributed by atoms with E-state index in [1.165, 1.54) is 12.5 Å². The first-order valence-corrected chi connectivity index (χ1v) is 12.6. The van der Waals surface area contributed by atoms with Gasteiger partial charge >= 0.3 is 11.9 Å². The Hall–Kier alpha value is -4.26. The maximum atomic E-state index is 13.3. The molecule has 3 amide bonds. The third kappa shape index (κ3) is 10.2. The minimum atomic E-state index is -1.31. The minimum Gasteiger partial charge on any atom is -0.481 e. The molecule has 1 aromatic heterocycles. The Morgan fingerprint density at radius 3 is 2.15 bits per heavy atom. The maximum absolute atomic E-state index is 13.3. The number of amides is 3. The van der Waals surface area contributed by atoms with Gasteiger partial charge < -0.3 is 36.9 Å². The van der Waals surface area contributed by atoms with E-state index in [1.54, 1.807) is 44.2 Å². The summed E-state index contributed by atoms with van der Waals surface area (Å²) in [4.78, 5) is 68.9. The molecule has 0 aliphatic heterocycles. The molecule has 0 aliphatic rings. The fourth-order valence-corrected chi connectivity index (χ4v) is 3.81. The molecule has 39 heavy (non-hydrogen) atoms. The molecule has 0 spiro atoms. The molecule has 2 rings (SSSR count). The molecule has 0 bridgehead atoms. The van der Waals surface area contributed by atoms with Gasteiger partial charge in [0, 0.05) is 31.2 Å². The molecule has 2 aromatic rings. The van der Waals surface area contributed by atoms with Crippen LogP contribution >= 0.6 is 0 Å². The second-order valence-corrected chi connectivity index (χ2v) is 9.34. The molecule has 8 N–H and O–H groups in total. The molecule has 0 saturated carbocycles. The van der Waals surface area contributed by atoms with Crippen LogP contribution in [0.25, 0.3) is 0 Å². The van der Waals surface area contributed by atoms with E-state index >= 15 is 0 Å². The molecule has 1 heterocycles. The number of carbonyl (C=O) groups is 5. The van der Waals surface area contributed by atoms with Crippen LogP contribution < -0.4 is 21.7 Å². The van der Waals surface area contributed by atoms with E-state index in [1.807, 2.05) is 0 Å². The minimum absolute atomic E-state index is 0.0319. The summed E-state index contributed by atoms with van der Waals surface area (Å²) >= 11 is 0. The lowest BCUT2D eigenvalue weighted by atomic mass is 9.98. The Kier molecular flexibility index (Phi) is 12.1. The molecular weight excluding hydrogens is 508 g/mol. The Bertz CT molecular complexity index is 1110. The normalized spacial score (nSPS) is 14.7. The molecule has 0 fully saturated rings. The number of carboxylic acids is 2. The van der Waals surface area contributed by atoms with Crippen molar-refractivity contribution < 1.29 is 34.2 Å². The van der Waals surface area contributed by atoms with Crippen LogP contribution in [0.3, 0.4) is 0 Å². The van der Waals surface area contributed by atoms with Gasteiger partial charge in [-0.05, 0) is 17.9 Å². The number of benzene rings is 1. The fourth-order valence-electron chi connectivity index (χ4n) is 3.81. The molecule has 13 nitrogen and oxygen atoms in total. The molecule has 5 unspecified atom stereocenters. The maximum Gasteiger partial charge on any atom is 0.326 e. The summed E-state index contributed by atoms with van der Waals surface area (Å²) < 4.78 is 0. The standard InChI is InChI=1S/C26H36N6O7/c1-3-15(2)22(26(38)39)32-25(37)20(11-16-7-5-4-6-8-16)31-24(36)19(9-10-21(33)34)30-23(35)18(27)12-17-13-28-14-29-17/h4-8,13-15,18-20,22H,3,9-12,27H2,1-2H3,(H,28,29)(H,30,35)(H,31,36)(H,32,37)(H,33,34)(H,38,39). The average Bonchev–Trinajstić information content (AvgIpc) is 3.41. The number of nitrogens with two attached hydrogens (primary N) is 1. The number of hydrogen-bond acceptors (Lipinski definition) is 7.